The van der Waals surface area contributed by atoms with Crippen molar-refractivity contribution in [1.82, 2.24) is 0 Å². The van der Waals surface area contributed by atoms with E-state index in [9.17, 15) is 9.90 Å². The zero-order valence-corrected chi connectivity index (χ0v) is 15.3. The molecule has 0 amide bonds. The summed E-state index contributed by atoms with van der Waals surface area (Å²) in [6, 6.07) is 7.96. The van der Waals surface area contributed by atoms with Gasteiger partial charge in [0.1, 0.15) is 5.60 Å². The molecule has 2 aliphatic carbocycles. The number of esters is 1. The Morgan fingerprint density at radius 3 is 2.76 bits per heavy atom. The Morgan fingerprint density at radius 2 is 2.04 bits per heavy atom. The van der Waals surface area contributed by atoms with Crippen LogP contribution in [0.3, 0.4) is 0 Å². The lowest BCUT2D eigenvalue weighted by molar-refractivity contribution is -0.139. The van der Waals surface area contributed by atoms with Crippen LogP contribution in [0.5, 0.6) is 0 Å². The largest absolute Gasteiger partial charge is 0.463 e. The van der Waals surface area contributed by atoms with Crippen molar-refractivity contribution < 1.29 is 19.4 Å². The van der Waals surface area contributed by atoms with Crippen LogP contribution in [0.2, 0.25) is 0 Å². The number of hydrogen-bond acceptors (Lipinski definition) is 4. The summed E-state index contributed by atoms with van der Waals surface area (Å²) in [6.45, 7) is 8.32. The second kappa shape index (κ2) is 5.42. The van der Waals surface area contributed by atoms with Crippen molar-refractivity contribution in [3.05, 3.63) is 46.5 Å². The Morgan fingerprint density at radius 1 is 1.32 bits per heavy atom. The molecule has 0 aromatic heterocycles. The van der Waals surface area contributed by atoms with Crippen LogP contribution in [-0.4, -0.2) is 23.3 Å². The summed E-state index contributed by atoms with van der Waals surface area (Å²) in [4.78, 5) is 12.7. The van der Waals surface area contributed by atoms with Crippen molar-refractivity contribution >= 4 is 5.97 Å². The molecule has 134 valence electrons. The smallest absolute Gasteiger partial charge is 0.334 e. The monoisotopic (exact) mass is 342 g/mol. The second-order valence-corrected chi connectivity index (χ2v) is 8.21. The van der Waals surface area contributed by atoms with E-state index in [1.165, 1.54) is 0 Å². The van der Waals surface area contributed by atoms with Gasteiger partial charge in [0, 0.05) is 11.5 Å². The van der Waals surface area contributed by atoms with E-state index < -0.39 is 5.60 Å². The average molecular weight is 342 g/mol. The van der Waals surface area contributed by atoms with Gasteiger partial charge in [-0.25, -0.2) is 4.79 Å². The number of carbonyl (C=O) groups is 1. The molecule has 0 bridgehead atoms. The summed E-state index contributed by atoms with van der Waals surface area (Å²) in [5.74, 6) is -0.308. The maximum atomic E-state index is 12.7. The van der Waals surface area contributed by atoms with Crippen LogP contribution in [0.15, 0.2) is 35.4 Å². The molecule has 4 atom stereocenters. The maximum absolute atomic E-state index is 12.7. The first-order chi connectivity index (χ1) is 11.8. The van der Waals surface area contributed by atoms with Crippen molar-refractivity contribution in [3.63, 3.8) is 0 Å². The Hall–Kier alpha value is -1.65. The molecule has 0 spiro atoms. The van der Waals surface area contributed by atoms with E-state index in [0.717, 1.165) is 23.1 Å². The van der Waals surface area contributed by atoms with Gasteiger partial charge in [0.15, 0.2) is 0 Å². The van der Waals surface area contributed by atoms with Gasteiger partial charge in [0.25, 0.3) is 0 Å². The fourth-order valence-electron chi connectivity index (χ4n) is 5.19. The van der Waals surface area contributed by atoms with Gasteiger partial charge in [-0.3, -0.25) is 0 Å². The predicted octanol–water partition coefficient (Wildman–Crippen LogP) is 3.64. The number of carbonyl (C=O) groups excluding carboxylic acids is 1. The van der Waals surface area contributed by atoms with Crippen molar-refractivity contribution in [1.29, 1.82) is 0 Å². The average Bonchev–Trinajstić information content (AvgIpc) is 3.01. The zero-order chi connectivity index (χ0) is 18.0. The normalized spacial score (nSPS) is 35.2. The fourth-order valence-corrected chi connectivity index (χ4v) is 5.19. The van der Waals surface area contributed by atoms with Gasteiger partial charge in [-0.1, -0.05) is 31.2 Å². The molecule has 25 heavy (non-hydrogen) atoms. The van der Waals surface area contributed by atoms with Gasteiger partial charge in [-0.05, 0) is 56.2 Å². The topological polar surface area (TPSA) is 55.8 Å². The van der Waals surface area contributed by atoms with Gasteiger partial charge in [-0.15, -0.1) is 0 Å². The Balaban J connectivity index is 1.96. The minimum absolute atomic E-state index is 0.0132. The highest BCUT2D eigenvalue weighted by molar-refractivity contribution is 5.91. The molecular formula is C21H26O4. The molecule has 4 heteroatoms. The van der Waals surface area contributed by atoms with Gasteiger partial charge in [-0.2, -0.15) is 0 Å². The van der Waals surface area contributed by atoms with Crippen molar-refractivity contribution in [2.45, 2.75) is 57.8 Å². The molecule has 1 saturated heterocycles. The van der Waals surface area contributed by atoms with E-state index in [4.69, 9.17) is 9.47 Å². The van der Waals surface area contributed by atoms with E-state index in [1.807, 2.05) is 32.0 Å². The van der Waals surface area contributed by atoms with E-state index in [-0.39, 0.29) is 29.5 Å². The van der Waals surface area contributed by atoms with Gasteiger partial charge in [0.2, 0.25) is 0 Å². The predicted molar refractivity (Wildman–Crippen MR) is 93.8 cm³/mol. The number of benzene rings is 1. The third-order valence-electron chi connectivity index (χ3n) is 5.93. The van der Waals surface area contributed by atoms with Crippen molar-refractivity contribution in [3.8, 4) is 0 Å². The summed E-state index contributed by atoms with van der Waals surface area (Å²) in [5, 5.41) is 11.7. The summed E-state index contributed by atoms with van der Waals surface area (Å²) in [5.41, 5.74) is 2.06. The van der Waals surface area contributed by atoms with Crippen LogP contribution in [0, 0.1) is 11.8 Å². The maximum Gasteiger partial charge on any atom is 0.334 e. The van der Waals surface area contributed by atoms with Crippen LogP contribution in [0.4, 0.5) is 0 Å². The molecule has 0 radical (unpaired) electrons. The van der Waals surface area contributed by atoms with Gasteiger partial charge >= 0.3 is 5.97 Å². The third-order valence-corrected chi connectivity index (χ3v) is 5.93. The summed E-state index contributed by atoms with van der Waals surface area (Å²) < 4.78 is 11.7. The Labute approximate surface area is 148 Å². The highest BCUT2D eigenvalue weighted by Gasteiger charge is 2.59. The van der Waals surface area contributed by atoms with E-state index in [2.05, 4.69) is 19.9 Å². The molecule has 1 fully saturated rings. The molecule has 1 aliphatic heterocycles. The molecule has 0 saturated carbocycles. The van der Waals surface area contributed by atoms with Gasteiger partial charge in [0.05, 0.1) is 18.3 Å². The quantitative estimate of drug-likeness (QED) is 0.834. The lowest BCUT2D eigenvalue weighted by atomic mass is 9.68. The molecular weight excluding hydrogens is 316 g/mol. The van der Waals surface area contributed by atoms with E-state index in [1.54, 1.807) is 0 Å². The standard InChI is InChI=1S/C21H26O4/c1-5-24-19(22)16-12(2)10-21(23)15-9-7-6-8-13(15)18-14(17(16)21)11-20(3,4)25-18/h6-9,12,14,18,23H,5,10-11H2,1-4H3. The minimum atomic E-state index is -1.09. The molecule has 1 aromatic rings. The summed E-state index contributed by atoms with van der Waals surface area (Å²) in [7, 11) is 0. The molecule has 4 nitrogen and oxygen atoms in total. The molecule has 4 unspecified atom stereocenters. The van der Waals surface area contributed by atoms with Crippen LogP contribution in [0.25, 0.3) is 0 Å². The first-order valence-electron chi connectivity index (χ1n) is 9.20. The fraction of sp³-hybridized carbons (Fsp3) is 0.571. The Bertz CT molecular complexity index is 763. The van der Waals surface area contributed by atoms with Crippen molar-refractivity contribution in [2.24, 2.45) is 11.8 Å². The Kier molecular flexibility index (Phi) is 3.64. The first kappa shape index (κ1) is 16.8. The summed E-state index contributed by atoms with van der Waals surface area (Å²) in [6.07, 6.45) is 1.20. The number of fused-ring (bicyclic) bond motifs is 6. The highest BCUT2D eigenvalue weighted by atomic mass is 16.5. The van der Waals surface area contributed by atoms with Crippen LogP contribution in [-0.2, 0) is 19.9 Å². The third kappa shape index (κ3) is 2.31. The van der Waals surface area contributed by atoms with Crippen LogP contribution < -0.4 is 0 Å². The number of ether oxygens (including phenoxy) is 2. The molecule has 3 aliphatic rings. The number of rotatable bonds is 2. The SMILES string of the molecule is CCOC(=O)C1=C2C3CC(C)(C)OC3c3ccccc3C2(O)CC1C. The van der Waals surface area contributed by atoms with Gasteiger partial charge < -0.3 is 14.6 Å². The zero-order valence-electron chi connectivity index (χ0n) is 15.3. The van der Waals surface area contributed by atoms with E-state index in [0.29, 0.717) is 18.6 Å². The first-order valence-corrected chi connectivity index (χ1v) is 9.20. The lowest BCUT2D eigenvalue weighted by Crippen LogP contribution is -2.37. The number of hydrogen-bond donors (Lipinski definition) is 1. The van der Waals surface area contributed by atoms with E-state index >= 15 is 0 Å². The minimum Gasteiger partial charge on any atom is -0.463 e. The van der Waals surface area contributed by atoms with Crippen LogP contribution in [0.1, 0.15) is 57.8 Å². The van der Waals surface area contributed by atoms with Crippen LogP contribution >= 0.6 is 0 Å². The molecule has 1 heterocycles. The molecule has 1 aromatic carbocycles. The molecule has 1 N–H and O–H groups in total. The highest BCUT2D eigenvalue weighted by Crippen LogP contribution is 2.62. The summed E-state index contributed by atoms with van der Waals surface area (Å²) >= 11 is 0. The second-order valence-electron chi connectivity index (χ2n) is 8.21. The van der Waals surface area contributed by atoms with Crippen molar-refractivity contribution in [2.75, 3.05) is 6.61 Å². The number of aliphatic hydroxyl groups is 1. The molecule has 4 rings (SSSR count). The lowest BCUT2D eigenvalue weighted by Gasteiger charge is -2.40.